The number of ether oxygens (including phenoxy) is 1. The summed E-state index contributed by atoms with van der Waals surface area (Å²) in [7, 11) is 0. The third kappa shape index (κ3) is 3.94. The molecule has 0 saturated carbocycles. The molecule has 2 aromatic carbocycles. The highest BCUT2D eigenvalue weighted by molar-refractivity contribution is 9.10. The van der Waals surface area contributed by atoms with E-state index in [0.717, 1.165) is 0 Å². The predicted molar refractivity (Wildman–Crippen MR) is 90.6 cm³/mol. The molecule has 3 rings (SSSR count). The van der Waals surface area contributed by atoms with E-state index in [1.165, 1.54) is 30.3 Å². The summed E-state index contributed by atoms with van der Waals surface area (Å²) in [4.78, 5) is 12.1. The molecule has 1 aromatic heterocycles. The van der Waals surface area contributed by atoms with Gasteiger partial charge in [-0.15, -0.1) is 10.2 Å². The van der Waals surface area contributed by atoms with E-state index < -0.39 is 0 Å². The Balaban J connectivity index is 1.68. The van der Waals surface area contributed by atoms with E-state index in [0.29, 0.717) is 11.4 Å². The molecule has 0 fully saturated rings. The van der Waals surface area contributed by atoms with Gasteiger partial charge in [0.05, 0.1) is 4.47 Å². The molecule has 0 aliphatic carbocycles. The minimum Gasteiger partial charge on any atom is -0.437 e. The van der Waals surface area contributed by atoms with Gasteiger partial charge in [0.15, 0.2) is 5.69 Å². The second kappa shape index (κ2) is 7.18. The van der Waals surface area contributed by atoms with Crippen LogP contribution in [0.2, 0.25) is 0 Å². The molecule has 0 saturated heterocycles. The molecule has 0 bridgehead atoms. The van der Waals surface area contributed by atoms with Gasteiger partial charge in [-0.05, 0) is 52.3 Å². The van der Waals surface area contributed by atoms with Crippen LogP contribution in [0.3, 0.4) is 0 Å². The number of halogens is 2. The normalized spacial score (nSPS) is 10.2. The first-order valence-electron chi connectivity index (χ1n) is 6.95. The lowest BCUT2D eigenvalue weighted by Gasteiger charge is -2.06. The largest absolute Gasteiger partial charge is 0.437 e. The van der Waals surface area contributed by atoms with Gasteiger partial charge in [0, 0.05) is 11.8 Å². The molecular formula is C17H11BrFN3O2. The van der Waals surface area contributed by atoms with Crippen molar-refractivity contribution in [3.63, 3.8) is 0 Å². The SMILES string of the molecule is O=C(Nc1ccccc1)c1ccc(Oc2ccc(F)c(Br)c2)nn1. The molecule has 0 radical (unpaired) electrons. The molecule has 0 aliphatic rings. The molecule has 7 heteroatoms. The first-order valence-corrected chi connectivity index (χ1v) is 7.74. The van der Waals surface area contributed by atoms with Gasteiger partial charge in [0.2, 0.25) is 5.88 Å². The topological polar surface area (TPSA) is 64.1 Å². The second-order valence-electron chi connectivity index (χ2n) is 4.75. The highest BCUT2D eigenvalue weighted by Crippen LogP contribution is 2.25. The van der Waals surface area contributed by atoms with Gasteiger partial charge in [-0.1, -0.05) is 18.2 Å². The van der Waals surface area contributed by atoms with E-state index in [1.807, 2.05) is 18.2 Å². The zero-order valence-electron chi connectivity index (χ0n) is 12.2. The number of carbonyl (C=O) groups excluding carboxylic acids is 1. The molecule has 1 N–H and O–H groups in total. The van der Waals surface area contributed by atoms with Crippen molar-refractivity contribution in [1.82, 2.24) is 10.2 Å². The van der Waals surface area contributed by atoms with Crippen LogP contribution in [-0.2, 0) is 0 Å². The van der Waals surface area contributed by atoms with E-state index in [4.69, 9.17) is 4.74 Å². The summed E-state index contributed by atoms with van der Waals surface area (Å²) in [6.45, 7) is 0. The van der Waals surface area contributed by atoms with Gasteiger partial charge in [0.1, 0.15) is 11.6 Å². The van der Waals surface area contributed by atoms with Crippen LogP contribution in [0.15, 0.2) is 65.1 Å². The average Bonchev–Trinajstić information content (AvgIpc) is 2.60. The maximum Gasteiger partial charge on any atom is 0.276 e. The van der Waals surface area contributed by atoms with Crippen molar-refractivity contribution in [3.8, 4) is 11.6 Å². The van der Waals surface area contributed by atoms with E-state index in [9.17, 15) is 9.18 Å². The Morgan fingerprint density at radius 2 is 1.83 bits per heavy atom. The number of para-hydroxylation sites is 1. The third-order valence-electron chi connectivity index (χ3n) is 3.02. The van der Waals surface area contributed by atoms with Crippen molar-refractivity contribution in [1.29, 1.82) is 0 Å². The first kappa shape index (κ1) is 16.1. The number of nitrogens with zero attached hydrogens (tertiary/aromatic N) is 2. The molecule has 0 atom stereocenters. The van der Waals surface area contributed by atoms with E-state index in [-0.39, 0.29) is 27.8 Å². The zero-order valence-corrected chi connectivity index (χ0v) is 13.8. The van der Waals surface area contributed by atoms with Gasteiger partial charge < -0.3 is 10.1 Å². The Morgan fingerprint density at radius 1 is 1.04 bits per heavy atom. The average molecular weight is 388 g/mol. The summed E-state index contributed by atoms with van der Waals surface area (Å²) in [6, 6.07) is 16.3. The van der Waals surface area contributed by atoms with Crippen LogP contribution in [0, 0.1) is 5.82 Å². The summed E-state index contributed by atoms with van der Waals surface area (Å²) in [5.41, 5.74) is 0.826. The standard InChI is InChI=1S/C17H11BrFN3O2/c18-13-10-12(6-7-14(13)19)24-16-9-8-15(21-22-16)17(23)20-11-4-2-1-3-5-11/h1-10H,(H,20,23). The Hall–Kier alpha value is -2.80. The fourth-order valence-corrected chi connectivity index (χ4v) is 2.23. The van der Waals surface area contributed by atoms with Crippen LogP contribution in [-0.4, -0.2) is 16.1 Å². The Bertz CT molecular complexity index is 857. The fourth-order valence-electron chi connectivity index (χ4n) is 1.87. The molecule has 24 heavy (non-hydrogen) atoms. The Labute approximate surface area is 145 Å². The summed E-state index contributed by atoms with van der Waals surface area (Å²) >= 11 is 3.08. The van der Waals surface area contributed by atoms with Crippen molar-refractivity contribution in [2.75, 3.05) is 5.32 Å². The number of amides is 1. The number of anilines is 1. The first-order chi connectivity index (χ1) is 11.6. The second-order valence-corrected chi connectivity index (χ2v) is 5.61. The Morgan fingerprint density at radius 3 is 2.50 bits per heavy atom. The number of hydrogen-bond donors (Lipinski definition) is 1. The molecule has 0 aliphatic heterocycles. The number of benzene rings is 2. The summed E-state index contributed by atoms with van der Waals surface area (Å²) < 4.78 is 18.9. The van der Waals surface area contributed by atoms with Gasteiger partial charge in [-0.3, -0.25) is 4.79 Å². The van der Waals surface area contributed by atoms with Crippen molar-refractivity contribution >= 4 is 27.5 Å². The molecular weight excluding hydrogens is 377 g/mol. The molecule has 5 nitrogen and oxygen atoms in total. The third-order valence-corrected chi connectivity index (χ3v) is 3.63. The molecule has 120 valence electrons. The highest BCUT2D eigenvalue weighted by Gasteiger charge is 2.10. The lowest BCUT2D eigenvalue weighted by molar-refractivity contribution is 0.102. The minimum absolute atomic E-state index is 0.159. The number of aromatic nitrogens is 2. The van der Waals surface area contributed by atoms with Crippen LogP contribution in [0.1, 0.15) is 10.5 Å². The lowest BCUT2D eigenvalue weighted by atomic mass is 10.3. The maximum atomic E-state index is 13.2. The van der Waals surface area contributed by atoms with Crippen molar-refractivity contribution < 1.29 is 13.9 Å². The monoisotopic (exact) mass is 387 g/mol. The van der Waals surface area contributed by atoms with Crippen LogP contribution < -0.4 is 10.1 Å². The lowest BCUT2D eigenvalue weighted by Crippen LogP contribution is -2.14. The predicted octanol–water partition coefficient (Wildman–Crippen LogP) is 4.42. The van der Waals surface area contributed by atoms with E-state index >= 15 is 0 Å². The number of nitrogens with one attached hydrogen (secondary N) is 1. The van der Waals surface area contributed by atoms with Crippen LogP contribution in [0.25, 0.3) is 0 Å². The molecule has 1 heterocycles. The van der Waals surface area contributed by atoms with Crippen LogP contribution in [0.4, 0.5) is 10.1 Å². The molecule has 3 aromatic rings. The zero-order chi connectivity index (χ0) is 16.9. The summed E-state index contributed by atoms with van der Waals surface area (Å²) in [6.07, 6.45) is 0. The summed E-state index contributed by atoms with van der Waals surface area (Å²) in [5.74, 6) is -0.157. The molecule has 0 unspecified atom stereocenters. The van der Waals surface area contributed by atoms with Crippen molar-refractivity contribution in [3.05, 3.63) is 76.6 Å². The maximum absolute atomic E-state index is 13.2. The van der Waals surface area contributed by atoms with Crippen LogP contribution >= 0.6 is 15.9 Å². The van der Waals surface area contributed by atoms with Gasteiger partial charge in [-0.25, -0.2) is 4.39 Å². The molecule has 0 spiro atoms. The summed E-state index contributed by atoms with van der Waals surface area (Å²) in [5, 5.41) is 10.4. The molecule has 1 amide bonds. The smallest absolute Gasteiger partial charge is 0.276 e. The quantitative estimate of drug-likeness (QED) is 0.719. The van der Waals surface area contributed by atoms with E-state index in [2.05, 4.69) is 31.4 Å². The number of hydrogen-bond acceptors (Lipinski definition) is 4. The van der Waals surface area contributed by atoms with Gasteiger partial charge >= 0.3 is 0 Å². The fraction of sp³-hybridized carbons (Fsp3) is 0. The number of carbonyl (C=O) groups is 1. The Kier molecular flexibility index (Phi) is 4.81. The van der Waals surface area contributed by atoms with Crippen LogP contribution in [0.5, 0.6) is 11.6 Å². The van der Waals surface area contributed by atoms with Gasteiger partial charge in [-0.2, -0.15) is 0 Å². The highest BCUT2D eigenvalue weighted by atomic mass is 79.9. The van der Waals surface area contributed by atoms with Gasteiger partial charge in [0.25, 0.3) is 5.91 Å². The van der Waals surface area contributed by atoms with E-state index in [1.54, 1.807) is 12.1 Å². The van der Waals surface area contributed by atoms with Crippen molar-refractivity contribution in [2.45, 2.75) is 0 Å². The van der Waals surface area contributed by atoms with Crippen molar-refractivity contribution in [2.24, 2.45) is 0 Å². The minimum atomic E-state index is -0.388. The number of rotatable bonds is 4.